The number of nitrogens with zero attached hydrogens (tertiary/aromatic N) is 4. The molecule has 0 radical (unpaired) electrons. The first-order valence-corrected chi connectivity index (χ1v) is 33.2. The number of aliphatic hydroxyl groups is 1. The van der Waals surface area contributed by atoms with Gasteiger partial charge in [0.25, 0.3) is 0 Å². The Labute approximate surface area is 559 Å². The standard InChI is InChI=1S/C67H117N9O18/c1-19-46(6)58(51(87-17)42-54(79)76-32-23-26-50(76)60(88-18)47(7)61(82)71-48(8)59(81)49-24-21-20-22-25-49)74(16)63(84)56(44(2)3)72-62(83)57(45(4)5)73(15)55(80)43-92-41-40-91-39-38-90-37-36-89-35-31-68-52(77)27-28-53(78)75(33-29-69-64(85)93-66(9,10)11)34-30-70-65(86)94-67(12,13)14/h20-22,24-25,44-48,50-51,56-60,81H,19,23,26-43H2,1-18H3,(H,68,77)(H,69,85)(H,70,86)(H,71,82)(H,72,83)/t46?,47?,48-,50?,51?,56-,57?,58?,59-,60?/m0/s1. The maximum absolute atomic E-state index is 14.7. The molecule has 1 aliphatic rings. The third kappa shape index (κ3) is 30.7. The third-order valence-corrected chi connectivity index (χ3v) is 16.1. The zero-order valence-corrected chi connectivity index (χ0v) is 59.6. The van der Waals surface area contributed by atoms with Gasteiger partial charge < -0.3 is 89.2 Å². The van der Waals surface area contributed by atoms with Crippen molar-refractivity contribution in [1.29, 1.82) is 0 Å². The highest BCUT2D eigenvalue weighted by atomic mass is 16.6. The van der Waals surface area contributed by atoms with E-state index in [9.17, 15) is 48.3 Å². The highest BCUT2D eigenvalue weighted by Gasteiger charge is 2.44. The van der Waals surface area contributed by atoms with E-state index < -0.39 is 89.6 Å². The maximum Gasteiger partial charge on any atom is 0.407 e. The van der Waals surface area contributed by atoms with Crippen LogP contribution in [0.15, 0.2) is 30.3 Å². The fourth-order valence-electron chi connectivity index (χ4n) is 11.0. The number of hydrogen-bond donors (Lipinski definition) is 6. The Hall–Kier alpha value is -6.23. The molecule has 6 N–H and O–H groups in total. The number of carbonyl (C=O) groups excluding carboxylic acids is 9. The van der Waals surface area contributed by atoms with Crippen LogP contribution in [0.2, 0.25) is 0 Å². The second-order valence-electron chi connectivity index (χ2n) is 26.6. The van der Waals surface area contributed by atoms with Crippen molar-refractivity contribution in [3.05, 3.63) is 35.9 Å². The molecule has 10 atom stereocenters. The maximum atomic E-state index is 14.7. The van der Waals surface area contributed by atoms with Crippen LogP contribution < -0.4 is 26.6 Å². The molecule has 1 heterocycles. The number of aliphatic hydroxyl groups excluding tert-OH is 1. The van der Waals surface area contributed by atoms with Crippen molar-refractivity contribution in [1.82, 2.24) is 46.2 Å². The Morgan fingerprint density at radius 3 is 1.69 bits per heavy atom. The number of benzene rings is 1. The molecule has 0 aliphatic carbocycles. The Balaban J connectivity index is 1.84. The summed E-state index contributed by atoms with van der Waals surface area (Å²) >= 11 is 0. The summed E-state index contributed by atoms with van der Waals surface area (Å²) in [6.45, 7) is 27.4. The van der Waals surface area contributed by atoms with E-state index in [0.29, 0.717) is 31.4 Å². The lowest BCUT2D eigenvalue weighted by Crippen LogP contribution is -2.60. The van der Waals surface area contributed by atoms with Gasteiger partial charge in [0, 0.05) is 80.4 Å². The molecule has 1 saturated heterocycles. The number of methoxy groups -OCH3 is 2. The molecule has 27 nitrogen and oxygen atoms in total. The van der Waals surface area contributed by atoms with E-state index in [1.165, 1.54) is 31.1 Å². The van der Waals surface area contributed by atoms with E-state index in [1.54, 1.807) is 84.4 Å². The number of rotatable bonds is 43. The Morgan fingerprint density at radius 2 is 1.19 bits per heavy atom. The molecule has 1 fully saturated rings. The number of likely N-dealkylation sites (N-methyl/N-ethyl adjacent to an activating group) is 2. The van der Waals surface area contributed by atoms with Crippen molar-refractivity contribution < 1.29 is 86.2 Å². The summed E-state index contributed by atoms with van der Waals surface area (Å²) in [5.74, 6) is -4.09. The van der Waals surface area contributed by atoms with Gasteiger partial charge in [-0.1, -0.05) is 85.2 Å². The monoisotopic (exact) mass is 1340 g/mol. The molecule has 94 heavy (non-hydrogen) atoms. The van der Waals surface area contributed by atoms with Crippen LogP contribution in [0.4, 0.5) is 9.59 Å². The number of likely N-dealkylation sites (tertiary alicyclic amines) is 1. The molecule has 7 unspecified atom stereocenters. The minimum atomic E-state index is -0.997. The number of nitrogens with one attached hydrogen (secondary N) is 5. The quantitative estimate of drug-likeness (QED) is 0.0486. The number of amides is 9. The summed E-state index contributed by atoms with van der Waals surface area (Å²) in [7, 11) is 6.22. The van der Waals surface area contributed by atoms with Gasteiger partial charge in [-0.2, -0.15) is 0 Å². The number of hydrogen-bond acceptors (Lipinski definition) is 18. The Morgan fingerprint density at radius 1 is 0.649 bits per heavy atom. The Bertz CT molecular complexity index is 2430. The highest BCUT2D eigenvalue weighted by Crippen LogP contribution is 2.30. The fourth-order valence-corrected chi connectivity index (χ4v) is 11.0. The largest absolute Gasteiger partial charge is 0.444 e. The Kier molecular flexibility index (Phi) is 38.4. The van der Waals surface area contributed by atoms with Crippen LogP contribution in [0.3, 0.4) is 0 Å². The van der Waals surface area contributed by atoms with Gasteiger partial charge in [-0.05, 0) is 84.6 Å². The molecular formula is C67H117N9O18. The predicted molar refractivity (Wildman–Crippen MR) is 354 cm³/mol. The minimum absolute atomic E-state index is 0.0638. The third-order valence-electron chi connectivity index (χ3n) is 16.1. The van der Waals surface area contributed by atoms with Crippen LogP contribution >= 0.6 is 0 Å². The van der Waals surface area contributed by atoms with Gasteiger partial charge in [0.2, 0.25) is 41.4 Å². The topological polar surface area (TPSA) is 321 Å². The minimum Gasteiger partial charge on any atom is -0.444 e. The van der Waals surface area contributed by atoms with Crippen LogP contribution in [-0.4, -0.2) is 252 Å². The van der Waals surface area contributed by atoms with E-state index in [-0.39, 0.29) is 152 Å². The summed E-state index contributed by atoms with van der Waals surface area (Å²) in [6.07, 6.45) is -1.88. The molecular weight excluding hydrogens is 1220 g/mol. The zero-order chi connectivity index (χ0) is 70.9. The molecule has 9 amide bonds. The van der Waals surface area contributed by atoms with Crippen LogP contribution in [0.5, 0.6) is 0 Å². The van der Waals surface area contributed by atoms with Gasteiger partial charge in [0.1, 0.15) is 29.9 Å². The highest BCUT2D eigenvalue weighted by molar-refractivity contribution is 5.93. The summed E-state index contributed by atoms with van der Waals surface area (Å²) in [5, 5.41) is 24.8. The molecule has 2 rings (SSSR count). The second kappa shape index (κ2) is 43.0. The average Bonchev–Trinajstić information content (AvgIpc) is 1.36. The van der Waals surface area contributed by atoms with Gasteiger partial charge in [0.05, 0.1) is 95.0 Å². The van der Waals surface area contributed by atoms with E-state index in [0.717, 1.165) is 0 Å². The van der Waals surface area contributed by atoms with Crippen molar-refractivity contribution in [3.63, 3.8) is 0 Å². The van der Waals surface area contributed by atoms with E-state index in [4.69, 9.17) is 37.9 Å². The molecule has 0 bridgehead atoms. The first-order chi connectivity index (χ1) is 44.2. The normalized spacial score (nSPS) is 16.3. The van der Waals surface area contributed by atoms with Crippen LogP contribution in [-0.2, 0) is 71.5 Å². The molecule has 1 aromatic carbocycles. The summed E-state index contributed by atoms with van der Waals surface area (Å²) in [5.41, 5.74) is -0.721. The predicted octanol–water partition coefficient (Wildman–Crippen LogP) is 4.61. The van der Waals surface area contributed by atoms with Crippen LogP contribution in [0.25, 0.3) is 0 Å². The van der Waals surface area contributed by atoms with Gasteiger partial charge in [-0.15, -0.1) is 0 Å². The lowest BCUT2D eigenvalue weighted by atomic mass is 9.89. The molecule has 0 aromatic heterocycles. The molecule has 1 aliphatic heterocycles. The van der Waals surface area contributed by atoms with E-state index in [2.05, 4.69) is 26.6 Å². The zero-order valence-electron chi connectivity index (χ0n) is 59.6. The van der Waals surface area contributed by atoms with Crippen molar-refractivity contribution in [2.75, 3.05) is 120 Å². The molecule has 1 aromatic rings. The van der Waals surface area contributed by atoms with Gasteiger partial charge >= 0.3 is 12.2 Å². The molecule has 538 valence electrons. The van der Waals surface area contributed by atoms with Crippen molar-refractivity contribution in [2.24, 2.45) is 23.7 Å². The average molecular weight is 1340 g/mol. The van der Waals surface area contributed by atoms with Gasteiger partial charge in [-0.25, -0.2) is 9.59 Å². The second-order valence-corrected chi connectivity index (χ2v) is 26.6. The van der Waals surface area contributed by atoms with E-state index >= 15 is 0 Å². The summed E-state index contributed by atoms with van der Waals surface area (Å²) < 4.78 is 44.9. The summed E-state index contributed by atoms with van der Waals surface area (Å²) in [4.78, 5) is 127. The van der Waals surface area contributed by atoms with Gasteiger partial charge in [-0.3, -0.25) is 33.6 Å². The van der Waals surface area contributed by atoms with Crippen molar-refractivity contribution in [3.8, 4) is 0 Å². The summed E-state index contributed by atoms with van der Waals surface area (Å²) in [6, 6.07) is 5.55. The SMILES string of the molecule is CCC(C)C(C(CC(=O)N1CCCC1C(OC)C(C)C(=O)N[C@@H](C)[C@H](O)c1ccccc1)OC)N(C)C(=O)[C@@H](NC(=O)C(C(C)C)N(C)C(=O)COCCOCCOCCOCCNC(=O)CCC(=O)N(CCNC(=O)OC(C)(C)C)CCNC(=O)OC(C)(C)C)C(C)C. The molecule has 0 saturated carbocycles. The smallest absolute Gasteiger partial charge is 0.407 e. The van der Waals surface area contributed by atoms with Crippen LogP contribution in [0, 0.1) is 23.7 Å². The first-order valence-electron chi connectivity index (χ1n) is 33.2. The fraction of sp³-hybridized carbons (Fsp3) is 0.776. The number of ether oxygens (including phenoxy) is 8. The number of carbonyl (C=O) groups is 9. The van der Waals surface area contributed by atoms with Crippen LogP contribution in [0.1, 0.15) is 147 Å². The molecule has 27 heteroatoms. The number of alkyl carbamates (subject to hydrolysis) is 2. The first kappa shape index (κ1) is 83.9. The van der Waals surface area contributed by atoms with E-state index in [1.807, 2.05) is 59.7 Å². The van der Waals surface area contributed by atoms with Crippen molar-refractivity contribution in [2.45, 2.75) is 195 Å². The molecule has 0 spiro atoms. The van der Waals surface area contributed by atoms with Crippen molar-refractivity contribution >= 4 is 53.5 Å². The lowest BCUT2D eigenvalue weighted by molar-refractivity contribution is -0.149. The van der Waals surface area contributed by atoms with Gasteiger partial charge in [0.15, 0.2) is 0 Å². The lowest BCUT2D eigenvalue weighted by Gasteiger charge is -2.41.